The minimum Gasteiger partial charge on any atom is -0.465 e. The number of esters is 1. The van der Waals surface area contributed by atoms with Gasteiger partial charge < -0.3 is 25.1 Å². The number of aliphatic hydroxyl groups is 1. The lowest BCUT2D eigenvalue weighted by Crippen LogP contribution is -2.36. The van der Waals surface area contributed by atoms with Crippen molar-refractivity contribution in [3.63, 3.8) is 0 Å². The summed E-state index contributed by atoms with van der Waals surface area (Å²) in [6.07, 6.45) is -1.08. The first-order valence-electron chi connectivity index (χ1n) is 4.89. The van der Waals surface area contributed by atoms with Crippen molar-refractivity contribution >= 4 is 12.1 Å². The van der Waals surface area contributed by atoms with Crippen LogP contribution >= 0.6 is 0 Å². The highest BCUT2D eigenvalue weighted by molar-refractivity contribution is 5.78. The largest absolute Gasteiger partial charge is 0.465 e. The first kappa shape index (κ1) is 13.7. The number of nitrogens with zero attached hydrogens (tertiary/aromatic N) is 2. The molecule has 1 amide bonds. The Morgan fingerprint density at radius 1 is 1.61 bits per heavy atom. The smallest absolute Gasteiger partial charge is 0.416 e. The van der Waals surface area contributed by atoms with Gasteiger partial charge in [-0.2, -0.15) is 0 Å². The molecular formula is C8H11N3O7. The van der Waals surface area contributed by atoms with Crippen molar-refractivity contribution in [1.82, 2.24) is 10.5 Å². The number of nitrogens with one attached hydrogen (secondary N) is 1. The lowest BCUT2D eigenvalue weighted by molar-refractivity contribution is -0.804. The maximum Gasteiger partial charge on any atom is 0.416 e. The molecule has 0 saturated heterocycles. The van der Waals surface area contributed by atoms with Gasteiger partial charge in [-0.3, -0.25) is 9.42 Å². The number of rotatable bonds is 5. The van der Waals surface area contributed by atoms with E-state index in [1.54, 1.807) is 6.92 Å². The Balaban J connectivity index is 2.49. The van der Waals surface area contributed by atoms with E-state index in [-0.39, 0.29) is 17.2 Å². The highest BCUT2D eigenvalue weighted by Crippen LogP contribution is 2.09. The topological polar surface area (TPSA) is 138 Å². The van der Waals surface area contributed by atoms with Crippen molar-refractivity contribution in [3.8, 4) is 5.88 Å². The third kappa shape index (κ3) is 3.59. The zero-order valence-electron chi connectivity index (χ0n) is 9.41. The summed E-state index contributed by atoms with van der Waals surface area (Å²) in [4.78, 5) is 21.9. The zero-order valence-corrected chi connectivity index (χ0v) is 9.41. The molecule has 0 aliphatic carbocycles. The Hall–Kier alpha value is -2.36. The first-order valence-corrected chi connectivity index (χ1v) is 4.89. The average Bonchev–Trinajstić information content (AvgIpc) is 2.68. The van der Waals surface area contributed by atoms with Crippen LogP contribution < -0.4 is 15.0 Å². The highest BCUT2D eigenvalue weighted by Gasteiger charge is 2.23. The number of amides is 1. The van der Waals surface area contributed by atoms with E-state index >= 15 is 0 Å². The molecule has 0 aliphatic rings. The van der Waals surface area contributed by atoms with Crippen molar-refractivity contribution < 1.29 is 33.7 Å². The summed E-state index contributed by atoms with van der Waals surface area (Å²) in [5.41, 5.74) is -0.240. The van der Waals surface area contributed by atoms with Crippen molar-refractivity contribution in [1.29, 1.82) is 0 Å². The predicted octanol–water partition coefficient (Wildman–Crippen LogP) is -1.55. The van der Waals surface area contributed by atoms with Crippen LogP contribution in [0.2, 0.25) is 0 Å². The fraction of sp³-hybridized carbons (Fsp3) is 0.500. The fourth-order valence-corrected chi connectivity index (χ4v) is 0.941. The summed E-state index contributed by atoms with van der Waals surface area (Å²) in [6, 6.07) is 0. The molecule has 0 fully saturated rings. The van der Waals surface area contributed by atoms with Gasteiger partial charge in [0.1, 0.15) is 13.2 Å². The average molecular weight is 261 g/mol. The van der Waals surface area contributed by atoms with Gasteiger partial charge in [0.15, 0.2) is 0 Å². The van der Waals surface area contributed by atoms with E-state index in [1.807, 2.05) is 5.32 Å². The molecule has 0 spiro atoms. The Morgan fingerprint density at radius 3 is 2.94 bits per heavy atom. The van der Waals surface area contributed by atoms with Gasteiger partial charge in [-0.25, -0.2) is 4.79 Å². The number of aromatic nitrogens is 2. The molecule has 1 aromatic rings. The van der Waals surface area contributed by atoms with Gasteiger partial charge in [-0.15, -0.1) is 0 Å². The molecule has 1 rings (SSSR count). The highest BCUT2D eigenvalue weighted by atomic mass is 16.8. The normalized spacial score (nSPS) is 9.89. The van der Waals surface area contributed by atoms with Crippen molar-refractivity contribution in [3.05, 3.63) is 10.9 Å². The van der Waals surface area contributed by atoms with E-state index in [0.29, 0.717) is 0 Å². The molecule has 0 unspecified atom stereocenters. The molecule has 100 valence electrons. The van der Waals surface area contributed by atoms with Gasteiger partial charge in [-0.1, -0.05) is 0 Å². The molecule has 0 bridgehead atoms. The summed E-state index contributed by atoms with van der Waals surface area (Å²) in [5.74, 6) is -1.25. The predicted molar refractivity (Wildman–Crippen MR) is 52.0 cm³/mol. The van der Waals surface area contributed by atoms with Gasteiger partial charge >= 0.3 is 17.9 Å². The van der Waals surface area contributed by atoms with E-state index in [0.717, 1.165) is 0 Å². The van der Waals surface area contributed by atoms with Crippen LogP contribution in [0.25, 0.3) is 0 Å². The second-order valence-corrected chi connectivity index (χ2v) is 2.89. The maximum atomic E-state index is 11.2. The lowest BCUT2D eigenvalue weighted by Gasteiger charge is -2.04. The molecule has 0 saturated carbocycles. The third-order valence-corrected chi connectivity index (χ3v) is 1.66. The monoisotopic (exact) mass is 261 g/mol. The molecule has 10 nitrogen and oxygen atoms in total. The Bertz CT molecular complexity index is 430. The molecule has 0 radical (unpaired) electrons. The standard InChI is InChI=1S/C8H11N3O7/c1-2-16-6(13)3-9-8(14)17-7-5(4-12)10-18-11(7)15/h12H,2-4H2,1H3,(H,9,14). The van der Waals surface area contributed by atoms with Gasteiger partial charge in [0.25, 0.3) is 5.69 Å². The number of hydrogen-bond acceptors (Lipinski definition) is 8. The van der Waals surface area contributed by atoms with Crippen molar-refractivity contribution in [2.24, 2.45) is 0 Å². The van der Waals surface area contributed by atoms with Crippen LogP contribution in [-0.2, 0) is 16.1 Å². The lowest BCUT2D eigenvalue weighted by atomic mass is 10.5. The minimum atomic E-state index is -1.08. The molecule has 2 N–H and O–H groups in total. The van der Waals surface area contributed by atoms with Gasteiger partial charge in [0.2, 0.25) is 0 Å². The van der Waals surface area contributed by atoms with Crippen molar-refractivity contribution in [2.75, 3.05) is 13.2 Å². The van der Waals surface area contributed by atoms with Gasteiger partial charge in [-0.05, 0) is 11.8 Å². The first-order chi connectivity index (χ1) is 8.58. The van der Waals surface area contributed by atoms with E-state index in [9.17, 15) is 14.8 Å². The summed E-state index contributed by atoms with van der Waals surface area (Å²) in [6.45, 7) is 0.738. The molecule has 0 atom stereocenters. The molecule has 0 aromatic carbocycles. The van der Waals surface area contributed by atoms with Crippen LogP contribution in [0.3, 0.4) is 0 Å². The van der Waals surface area contributed by atoms with Crippen LogP contribution in [0.5, 0.6) is 5.88 Å². The Morgan fingerprint density at radius 2 is 2.33 bits per heavy atom. The van der Waals surface area contributed by atoms with Gasteiger partial charge in [0, 0.05) is 5.16 Å². The Labute approximate surface area is 101 Å². The molecular weight excluding hydrogens is 250 g/mol. The maximum absolute atomic E-state index is 11.2. The molecule has 0 aliphatic heterocycles. The molecule has 10 heteroatoms. The van der Waals surface area contributed by atoms with E-state index in [4.69, 9.17) is 5.11 Å². The molecule has 18 heavy (non-hydrogen) atoms. The summed E-state index contributed by atoms with van der Waals surface area (Å²) >= 11 is 0. The van der Waals surface area contributed by atoms with Crippen molar-refractivity contribution in [2.45, 2.75) is 13.5 Å². The second-order valence-electron chi connectivity index (χ2n) is 2.89. The number of hydrogen-bond donors (Lipinski definition) is 2. The zero-order chi connectivity index (χ0) is 13.5. The summed E-state index contributed by atoms with van der Waals surface area (Å²) in [7, 11) is 0. The van der Waals surface area contributed by atoms with E-state index in [2.05, 4.69) is 19.3 Å². The van der Waals surface area contributed by atoms with Crippen LogP contribution in [0.15, 0.2) is 4.63 Å². The van der Waals surface area contributed by atoms with Crippen LogP contribution in [0.4, 0.5) is 4.79 Å². The van der Waals surface area contributed by atoms with Crippen LogP contribution in [-0.4, -0.2) is 35.5 Å². The van der Waals surface area contributed by atoms with Gasteiger partial charge in [0.05, 0.1) is 6.61 Å². The number of carbonyl (C=O) groups excluding carboxylic acids is 2. The Kier molecular flexibility index (Phi) is 4.87. The summed E-state index contributed by atoms with van der Waals surface area (Å²) < 4.78 is 13.2. The summed E-state index contributed by atoms with van der Waals surface area (Å²) in [5, 5.41) is 24.9. The minimum absolute atomic E-state index is 0.177. The third-order valence-electron chi connectivity index (χ3n) is 1.66. The second kappa shape index (κ2) is 6.39. The number of aliphatic hydroxyl groups excluding tert-OH is 1. The van der Waals surface area contributed by atoms with E-state index < -0.39 is 31.1 Å². The SMILES string of the molecule is CCOC(=O)CNC(=O)Oc1c(CO)no[n+]1[O-]. The quantitative estimate of drug-likeness (QED) is 0.480. The van der Waals surface area contributed by atoms with Crippen LogP contribution in [0, 0.1) is 5.21 Å². The molecule has 1 heterocycles. The number of ether oxygens (including phenoxy) is 2. The van der Waals surface area contributed by atoms with E-state index in [1.165, 1.54) is 0 Å². The fourth-order valence-electron chi connectivity index (χ4n) is 0.941. The van der Waals surface area contributed by atoms with Crippen LogP contribution in [0.1, 0.15) is 12.6 Å². The number of carbonyl (C=O) groups is 2. The molecule has 1 aromatic heterocycles.